The maximum absolute atomic E-state index is 4.43. The Labute approximate surface area is 98.1 Å². The van der Waals surface area contributed by atoms with E-state index in [9.17, 15) is 0 Å². The van der Waals surface area contributed by atoms with Gasteiger partial charge in [0.05, 0.1) is 0 Å². The number of anilines is 1. The SMILES string of the molecule is Cc1cccc2c(N(C)C)ncc(Br)c12. The molecule has 2 rings (SSSR count). The zero-order valence-electron chi connectivity index (χ0n) is 9.08. The minimum absolute atomic E-state index is 1.01. The molecule has 0 unspecified atom stereocenters. The Hall–Kier alpha value is -1.09. The van der Waals surface area contributed by atoms with Crippen molar-refractivity contribution >= 4 is 32.5 Å². The van der Waals surface area contributed by atoms with Gasteiger partial charge in [0.15, 0.2) is 0 Å². The fourth-order valence-corrected chi connectivity index (χ4v) is 2.41. The van der Waals surface area contributed by atoms with Crippen LogP contribution in [0.3, 0.4) is 0 Å². The summed E-state index contributed by atoms with van der Waals surface area (Å²) < 4.78 is 1.06. The van der Waals surface area contributed by atoms with Crippen molar-refractivity contribution in [2.24, 2.45) is 0 Å². The Balaban J connectivity index is 2.89. The van der Waals surface area contributed by atoms with Crippen molar-refractivity contribution in [3.63, 3.8) is 0 Å². The van der Waals surface area contributed by atoms with E-state index in [1.165, 1.54) is 16.3 Å². The smallest absolute Gasteiger partial charge is 0.135 e. The first-order valence-corrected chi connectivity index (χ1v) is 5.61. The fourth-order valence-electron chi connectivity index (χ4n) is 1.78. The second-order valence-electron chi connectivity index (χ2n) is 3.82. The summed E-state index contributed by atoms with van der Waals surface area (Å²) in [5, 5.41) is 2.44. The zero-order chi connectivity index (χ0) is 11.0. The quantitative estimate of drug-likeness (QED) is 0.785. The Bertz CT molecular complexity index is 498. The van der Waals surface area contributed by atoms with E-state index in [0.29, 0.717) is 0 Å². The number of rotatable bonds is 1. The highest BCUT2D eigenvalue weighted by Gasteiger charge is 2.08. The molecule has 1 aromatic carbocycles. The van der Waals surface area contributed by atoms with Gasteiger partial charge in [0, 0.05) is 35.5 Å². The van der Waals surface area contributed by atoms with Gasteiger partial charge in [0.25, 0.3) is 0 Å². The fraction of sp³-hybridized carbons (Fsp3) is 0.250. The van der Waals surface area contributed by atoms with E-state index in [-0.39, 0.29) is 0 Å². The highest BCUT2D eigenvalue weighted by atomic mass is 79.9. The molecule has 0 aliphatic heterocycles. The van der Waals surface area contributed by atoms with Gasteiger partial charge in [-0.1, -0.05) is 18.2 Å². The molecule has 0 fully saturated rings. The lowest BCUT2D eigenvalue weighted by Gasteiger charge is -2.15. The summed E-state index contributed by atoms with van der Waals surface area (Å²) >= 11 is 3.55. The normalized spacial score (nSPS) is 10.7. The minimum Gasteiger partial charge on any atom is -0.362 e. The van der Waals surface area contributed by atoms with Crippen molar-refractivity contribution in [1.82, 2.24) is 4.98 Å². The second kappa shape index (κ2) is 3.81. The first-order valence-electron chi connectivity index (χ1n) is 4.82. The van der Waals surface area contributed by atoms with Gasteiger partial charge < -0.3 is 4.90 Å². The molecular formula is C12H13BrN2. The first-order chi connectivity index (χ1) is 7.11. The monoisotopic (exact) mass is 264 g/mol. The number of hydrogen-bond donors (Lipinski definition) is 0. The van der Waals surface area contributed by atoms with Crippen LogP contribution >= 0.6 is 15.9 Å². The van der Waals surface area contributed by atoms with Crippen molar-refractivity contribution in [2.75, 3.05) is 19.0 Å². The maximum Gasteiger partial charge on any atom is 0.135 e. The summed E-state index contributed by atoms with van der Waals surface area (Å²) in [5.74, 6) is 1.01. The van der Waals surface area contributed by atoms with Crippen LogP contribution in [0, 0.1) is 6.92 Å². The summed E-state index contributed by atoms with van der Waals surface area (Å²) in [4.78, 5) is 6.46. The van der Waals surface area contributed by atoms with Crippen molar-refractivity contribution in [1.29, 1.82) is 0 Å². The molecule has 0 radical (unpaired) electrons. The Morgan fingerprint density at radius 3 is 2.67 bits per heavy atom. The summed E-state index contributed by atoms with van der Waals surface area (Å²) in [5.41, 5.74) is 1.27. The molecule has 0 saturated heterocycles. The van der Waals surface area contributed by atoms with Crippen LogP contribution in [-0.2, 0) is 0 Å². The minimum atomic E-state index is 1.01. The summed E-state index contributed by atoms with van der Waals surface area (Å²) in [6.07, 6.45) is 1.87. The number of hydrogen-bond acceptors (Lipinski definition) is 2. The topological polar surface area (TPSA) is 16.1 Å². The van der Waals surface area contributed by atoms with Gasteiger partial charge in [-0.3, -0.25) is 0 Å². The van der Waals surface area contributed by atoms with Gasteiger partial charge in [-0.25, -0.2) is 4.98 Å². The van der Waals surface area contributed by atoms with Gasteiger partial charge in [0.2, 0.25) is 0 Å². The first kappa shape index (κ1) is 10.4. The third-order valence-corrected chi connectivity index (χ3v) is 3.08. The lowest BCUT2D eigenvalue weighted by atomic mass is 10.1. The average molecular weight is 265 g/mol. The number of nitrogens with zero attached hydrogens (tertiary/aromatic N) is 2. The number of fused-ring (bicyclic) bond motifs is 1. The molecule has 1 heterocycles. The molecule has 2 nitrogen and oxygen atoms in total. The van der Waals surface area contributed by atoms with Crippen molar-refractivity contribution < 1.29 is 0 Å². The van der Waals surface area contributed by atoms with Gasteiger partial charge in [-0.05, 0) is 28.4 Å². The van der Waals surface area contributed by atoms with Gasteiger partial charge in [-0.15, -0.1) is 0 Å². The lowest BCUT2D eigenvalue weighted by molar-refractivity contribution is 1.08. The summed E-state index contributed by atoms with van der Waals surface area (Å²) in [7, 11) is 4.02. The molecule has 0 bridgehead atoms. The van der Waals surface area contributed by atoms with Crippen molar-refractivity contribution in [3.05, 3.63) is 34.4 Å². The molecule has 3 heteroatoms. The molecule has 0 saturated carbocycles. The number of aromatic nitrogens is 1. The van der Waals surface area contributed by atoms with Gasteiger partial charge >= 0.3 is 0 Å². The van der Waals surface area contributed by atoms with Crippen LogP contribution in [0.15, 0.2) is 28.9 Å². The molecule has 78 valence electrons. The Morgan fingerprint density at radius 2 is 2.00 bits per heavy atom. The molecule has 2 aromatic rings. The van der Waals surface area contributed by atoms with E-state index in [4.69, 9.17) is 0 Å². The van der Waals surface area contributed by atoms with Crippen molar-refractivity contribution in [3.8, 4) is 0 Å². The number of benzene rings is 1. The summed E-state index contributed by atoms with van der Waals surface area (Å²) in [6.45, 7) is 2.12. The molecule has 0 N–H and O–H groups in total. The van der Waals surface area contributed by atoms with Crippen LogP contribution < -0.4 is 4.90 Å². The predicted octanol–water partition coefficient (Wildman–Crippen LogP) is 3.37. The summed E-state index contributed by atoms with van der Waals surface area (Å²) in [6, 6.07) is 6.29. The molecule has 0 aliphatic rings. The largest absolute Gasteiger partial charge is 0.362 e. The lowest BCUT2D eigenvalue weighted by Crippen LogP contribution is -2.11. The number of aryl methyl sites for hydroxylation is 1. The number of pyridine rings is 1. The third-order valence-electron chi connectivity index (χ3n) is 2.48. The Morgan fingerprint density at radius 1 is 1.27 bits per heavy atom. The van der Waals surface area contributed by atoms with Gasteiger partial charge in [0.1, 0.15) is 5.82 Å². The van der Waals surface area contributed by atoms with Crippen molar-refractivity contribution in [2.45, 2.75) is 6.92 Å². The van der Waals surface area contributed by atoms with Crippen LogP contribution in [0.2, 0.25) is 0 Å². The van der Waals surface area contributed by atoms with E-state index in [0.717, 1.165) is 10.3 Å². The van der Waals surface area contributed by atoms with Crippen LogP contribution in [-0.4, -0.2) is 19.1 Å². The molecule has 0 aliphatic carbocycles. The molecule has 0 spiro atoms. The molecule has 0 atom stereocenters. The van der Waals surface area contributed by atoms with Crippen LogP contribution in [0.4, 0.5) is 5.82 Å². The highest BCUT2D eigenvalue weighted by Crippen LogP contribution is 2.31. The average Bonchev–Trinajstić information content (AvgIpc) is 2.17. The van der Waals surface area contributed by atoms with E-state index < -0.39 is 0 Å². The second-order valence-corrected chi connectivity index (χ2v) is 4.68. The van der Waals surface area contributed by atoms with E-state index in [1.807, 2.05) is 25.2 Å². The van der Waals surface area contributed by atoms with Crippen LogP contribution in [0.1, 0.15) is 5.56 Å². The highest BCUT2D eigenvalue weighted by molar-refractivity contribution is 9.10. The zero-order valence-corrected chi connectivity index (χ0v) is 10.7. The van der Waals surface area contributed by atoms with Gasteiger partial charge in [-0.2, -0.15) is 0 Å². The van der Waals surface area contributed by atoms with E-state index >= 15 is 0 Å². The molecule has 15 heavy (non-hydrogen) atoms. The molecule has 1 aromatic heterocycles. The van der Waals surface area contributed by atoms with E-state index in [1.54, 1.807) is 0 Å². The third kappa shape index (κ3) is 1.72. The van der Waals surface area contributed by atoms with E-state index in [2.05, 4.69) is 46.0 Å². The maximum atomic E-state index is 4.43. The van der Waals surface area contributed by atoms with Crippen LogP contribution in [0.25, 0.3) is 10.8 Å². The number of halogens is 1. The molecular weight excluding hydrogens is 252 g/mol. The standard InChI is InChI=1S/C12H13BrN2/c1-8-5-4-6-9-11(8)10(13)7-14-12(9)15(2)3/h4-7H,1-3H3. The Kier molecular flexibility index (Phi) is 2.65. The predicted molar refractivity (Wildman–Crippen MR) is 68.5 cm³/mol. The molecule has 0 amide bonds. The van der Waals surface area contributed by atoms with Crippen LogP contribution in [0.5, 0.6) is 0 Å².